The molecule has 102 valence electrons. The Kier molecular flexibility index (Phi) is 3.80. The fourth-order valence-corrected chi connectivity index (χ4v) is 1.70. The molecule has 0 saturated heterocycles. The molecule has 20 heavy (non-hydrogen) atoms. The van der Waals surface area contributed by atoms with Crippen LogP contribution in [0, 0.1) is 18.3 Å². The number of aromatic nitrogens is 3. The number of aryl methyl sites for hydroxylation is 1. The summed E-state index contributed by atoms with van der Waals surface area (Å²) in [5, 5.41) is 8.93. The number of rotatable bonds is 3. The summed E-state index contributed by atoms with van der Waals surface area (Å²) in [6.07, 6.45) is 3.16. The molecule has 0 radical (unpaired) electrons. The predicted molar refractivity (Wildman–Crippen MR) is 74.3 cm³/mol. The highest BCUT2D eigenvalue weighted by Gasteiger charge is 2.13. The molecule has 0 saturated carbocycles. The Morgan fingerprint density at radius 1 is 1.25 bits per heavy atom. The topological polar surface area (TPSA) is 97.7 Å². The Morgan fingerprint density at radius 2 is 2.00 bits per heavy atom. The molecule has 0 atom stereocenters. The average Bonchev–Trinajstić information content (AvgIpc) is 2.41. The van der Waals surface area contributed by atoms with E-state index in [4.69, 9.17) is 15.7 Å². The van der Waals surface area contributed by atoms with Crippen molar-refractivity contribution in [3.05, 3.63) is 35.5 Å². The van der Waals surface area contributed by atoms with Crippen LogP contribution in [0.1, 0.15) is 36.8 Å². The summed E-state index contributed by atoms with van der Waals surface area (Å²) >= 11 is 0. The van der Waals surface area contributed by atoms with Gasteiger partial charge in [0.1, 0.15) is 23.3 Å². The van der Waals surface area contributed by atoms with E-state index in [0.717, 1.165) is 5.56 Å². The molecule has 0 bridgehead atoms. The van der Waals surface area contributed by atoms with Crippen LogP contribution in [0.5, 0.6) is 11.5 Å². The van der Waals surface area contributed by atoms with E-state index in [0.29, 0.717) is 17.3 Å². The maximum Gasteiger partial charge on any atom is 0.187 e. The van der Waals surface area contributed by atoms with E-state index < -0.39 is 0 Å². The van der Waals surface area contributed by atoms with Gasteiger partial charge in [0.2, 0.25) is 0 Å². The van der Waals surface area contributed by atoms with Crippen LogP contribution in [0.2, 0.25) is 0 Å². The highest BCUT2D eigenvalue weighted by molar-refractivity contribution is 5.49. The summed E-state index contributed by atoms with van der Waals surface area (Å²) in [6.45, 7) is 5.79. The van der Waals surface area contributed by atoms with Gasteiger partial charge in [-0.2, -0.15) is 5.26 Å². The van der Waals surface area contributed by atoms with Gasteiger partial charge in [-0.3, -0.25) is 0 Å². The van der Waals surface area contributed by atoms with Crippen molar-refractivity contribution in [2.75, 3.05) is 5.73 Å². The van der Waals surface area contributed by atoms with E-state index in [9.17, 15) is 0 Å². The molecule has 0 unspecified atom stereocenters. The van der Waals surface area contributed by atoms with Crippen molar-refractivity contribution in [2.24, 2.45) is 0 Å². The molecule has 2 aromatic rings. The van der Waals surface area contributed by atoms with Crippen LogP contribution in [-0.4, -0.2) is 15.0 Å². The molecular formula is C14H15N5O. The second-order valence-electron chi connectivity index (χ2n) is 4.64. The first-order chi connectivity index (χ1) is 9.51. The van der Waals surface area contributed by atoms with Crippen LogP contribution >= 0.6 is 0 Å². The molecule has 2 N–H and O–H groups in total. The summed E-state index contributed by atoms with van der Waals surface area (Å²) in [4.78, 5) is 12.2. The van der Waals surface area contributed by atoms with Crippen LogP contribution in [-0.2, 0) is 0 Å². The molecule has 0 aliphatic heterocycles. The lowest BCUT2D eigenvalue weighted by atomic mass is 10.0. The van der Waals surface area contributed by atoms with E-state index >= 15 is 0 Å². The minimum absolute atomic E-state index is 0.206. The number of nitrogens with zero attached hydrogens (tertiary/aromatic N) is 4. The predicted octanol–water partition coefficient (Wildman–Crippen LogP) is 2.55. The van der Waals surface area contributed by atoms with Crippen LogP contribution in [0.25, 0.3) is 0 Å². The van der Waals surface area contributed by atoms with E-state index in [2.05, 4.69) is 15.0 Å². The zero-order chi connectivity index (χ0) is 14.7. The number of pyridine rings is 1. The molecule has 2 rings (SSSR count). The molecule has 0 amide bonds. The number of hydrogen-bond donors (Lipinski definition) is 1. The number of nitriles is 1. The van der Waals surface area contributed by atoms with E-state index in [1.165, 1.54) is 6.20 Å². The summed E-state index contributed by atoms with van der Waals surface area (Å²) in [5.74, 6) is 1.96. The fraction of sp³-hybridized carbons (Fsp3) is 0.286. The maximum absolute atomic E-state index is 8.93. The molecule has 6 nitrogen and oxygen atoms in total. The second-order valence-corrected chi connectivity index (χ2v) is 4.64. The fourth-order valence-electron chi connectivity index (χ4n) is 1.70. The van der Waals surface area contributed by atoms with Crippen molar-refractivity contribution in [3.63, 3.8) is 0 Å². The van der Waals surface area contributed by atoms with Gasteiger partial charge in [0.25, 0.3) is 0 Å². The molecule has 6 heteroatoms. The molecule has 0 spiro atoms. The van der Waals surface area contributed by atoms with Gasteiger partial charge in [-0.25, -0.2) is 15.0 Å². The zero-order valence-electron chi connectivity index (χ0n) is 11.6. The third-order valence-corrected chi connectivity index (χ3v) is 2.75. The first kappa shape index (κ1) is 13.7. The standard InChI is InChI=1S/C14H15N5O/c1-8(2)11-6-18-10(5-15)4-12(11)20-13-7-17-9(3)19-14(13)16/h4,6-8H,1-3H3,(H2,16,17,19). The summed E-state index contributed by atoms with van der Waals surface area (Å²) < 4.78 is 5.76. The van der Waals surface area contributed by atoms with Crippen molar-refractivity contribution >= 4 is 5.82 Å². The van der Waals surface area contributed by atoms with E-state index in [-0.39, 0.29) is 17.4 Å². The Labute approximate surface area is 117 Å². The van der Waals surface area contributed by atoms with Gasteiger partial charge in [-0.15, -0.1) is 0 Å². The number of anilines is 1. The van der Waals surface area contributed by atoms with Crippen molar-refractivity contribution in [2.45, 2.75) is 26.7 Å². The van der Waals surface area contributed by atoms with Crippen LogP contribution in [0.3, 0.4) is 0 Å². The monoisotopic (exact) mass is 269 g/mol. The summed E-state index contributed by atoms with van der Waals surface area (Å²) in [7, 11) is 0. The van der Waals surface area contributed by atoms with Crippen molar-refractivity contribution in [1.82, 2.24) is 15.0 Å². The lowest BCUT2D eigenvalue weighted by Crippen LogP contribution is -2.02. The first-order valence-electron chi connectivity index (χ1n) is 6.18. The van der Waals surface area contributed by atoms with Crippen LogP contribution < -0.4 is 10.5 Å². The van der Waals surface area contributed by atoms with Gasteiger partial charge >= 0.3 is 0 Å². The molecule has 0 aromatic carbocycles. The van der Waals surface area contributed by atoms with Crippen molar-refractivity contribution in [1.29, 1.82) is 5.26 Å². The maximum atomic E-state index is 8.93. The largest absolute Gasteiger partial charge is 0.451 e. The first-order valence-corrected chi connectivity index (χ1v) is 6.18. The molecule has 0 aliphatic rings. The normalized spacial score (nSPS) is 10.3. The highest BCUT2D eigenvalue weighted by Crippen LogP contribution is 2.32. The molecule has 2 aromatic heterocycles. The Bertz CT molecular complexity index is 676. The Morgan fingerprint density at radius 3 is 2.60 bits per heavy atom. The van der Waals surface area contributed by atoms with Crippen LogP contribution in [0.15, 0.2) is 18.5 Å². The molecule has 0 aliphatic carbocycles. The van der Waals surface area contributed by atoms with Crippen LogP contribution in [0.4, 0.5) is 5.82 Å². The third kappa shape index (κ3) is 2.83. The molecule has 2 heterocycles. The number of nitrogens with two attached hydrogens (primary N) is 1. The lowest BCUT2D eigenvalue weighted by Gasteiger charge is -2.14. The molecular weight excluding hydrogens is 254 g/mol. The van der Waals surface area contributed by atoms with Crippen molar-refractivity contribution in [3.8, 4) is 17.6 Å². The average molecular weight is 269 g/mol. The van der Waals surface area contributed by atoms with Gasteiger partial charge < -0.3 is 10.5 Å². The minimum atomic E-state index is 0.206. The summed E-state index contributed by atoms with van der Waals surface area (Å²) in [6, 6.07) is 3.58. The van der Waals surface area contributed by atoms with Crippen molar-refractivity contribution < 1.29 is 4.74 Å². The van der Waals surface area contributed by atoms with Gasteiger partial charge in [0, 0.05) is 17.8 Å². The second kappa shape index (κ2) is 5.53. The third-order valence-electron chi connectivity index (χ3n) is 2.75. The smallest absolute Gasteiger partial charge is 0.187 e. The van der Waals surface area contributed by atoms with Gasteiger partial charge in [0.05, 0.1) is 6.20 Å². The quantitative estimate of drug-likeness (QED) is 0.919. The van der Waals surface area contributed by atoms with E-state index in [1.54, 1.807) is 19.2 Å². The Balaban J connectivity index is 2.43. The number of hydrogen-bond acceptors (Lipinski definition) is 6. The van der Waals surface area contributed by atoms with Gasteiger partial charge in [-0.05, 0) is 12.8 Å². The zero-order valence-corrected chi connectivity index (χ0v) is 11.6. The highest BCUT2D eigenvalue weighted by atomic mass is 16.5. The van der Waals surface area contributed by atoms with E-state index in [1.807, 2.05) is 19.9 Å². The molecule has 0 fully saturated rings. The SMILES string of the molecule is Cc1ncc(Oc2cc(C#N)ncc2C(C)C)c(N)n1. The Hall–Kier alpha value is -2.68. The van der Waals surface area contributed by atoms with Gasteiger partial charge in [0.15, 0.2) is 11.6 Å². The number of ether oxygens (including phenoxy) is 1. The number of nitrogen functional groups attached to an aromatic ring is 1. The minimum Gasteiger partial charge on any atom is -0.451 e. The van der Waals surface area contributed by atoms with Gasteiger partial charge in [-0.1, -0.05) is 13.8 Å². The lowest BCUT2D eigenvalue weighted by molar-refractivity contribution is 0.469. The summed E-state index contributed by atoms with van der Waals surface area (Å²) in [5.41, 5.74) is 6.99.